The van der Waals surface area contributed by atoms with E-state index in [1.165, 1.54) is 12.1 Å². The van der Waals surface area contributed by atoms with Crippen LogP contribution in [0.2, 0.25) is 0 Å². The monoisotopic (exact) mass is 273 g/mol. The van der Waals surface area contributed by atoms with Crippen LogP contribution in [0.15, 0.2) is 24.3 Å². The summed E-state index contributed by atoms with van der Waals surface area (Å²) in [7, 11) is -4.44. The summed E-state index contributed by atoms with van der Waals surface area (Å²) in [5, 5.41) is 0. The number of rotatable bonds is 4. The average molecular weight is 273 g/mol. The lowest BCUT2D eigenvalue weighted by molar-refractivity contribution is 0.0342. The molecule has 7 heteroatoms. The minimum atomic E-state index is -4.44. The van der Waals surface area contributed by atoms with Crippen molar-refractivity contribution in [1.82, 2.24) is 4.90 Å². The smallest absolute Gasteiger partial charge is 0.379 e. The Kier molecular flexibility index (Phi) is 4.18. The second-order valence-corrected chi connectivity index (χ2v) is 5.07. The molecule has 1 saturated heterocycles. The van der Waals surface area contributed by atoms with Crippen LogP contribution in [-0.4, -0.2) is 44.2 Å². The van der Waals surface area contributed by atoms with E-state index in [-0.39, 0.29) is 5.75 Å². The Morgan fingerprint density at radius 1 is 1.22 bits per heavy atom. The lowest BCUT2D eigenvalue weighted by Gasteiger charge is -2.26. The molecule has 0 radical (unpaired) electrons. The molecule has 0 spiro atoms. The molecule has 0 amide bonds. The molecule has 0 unspecified atom stereocenters. The lowest BCUT2D eigenvalue weighted by atomic mass is 10.2. The van der Waals surface area contributed by atoms with E-state index in [0.29, 0.717) is 0 Å². The molecule has 1 heterocycles. The highest BCUT2D eigenvalue weighted by Gasteiger charge is 2.11. The van der Waals surface area contributed by atoms with Crippen molar-refractivity contribution in [2.24, 2.45) is 0 Å². The fourth-order valence-electron chi connectivity index (χ4n) is 1.79. The van der Waals surface area contributed by atoms with Crippen LogP contribution in [0.3, 0.4) is 0 Å². The molecule has 2 rings (SSSR count). The largest absolute Gasteiger partial charge is 0.446 e. The first-order valence-corrected chi connectivity index (χ1v) is 6.95. The maximum atomic E-state index is 10.5. The predicted octanol–water partition coefficient (Wildman–Crippen LogP) is 0.700. The third-order valence-corrected chi connectivity index (χ3v) is 3.04. The number of benzene rings is 1. The van der Waals surface area contributed by atoms with E-state index < -0.39 is 10.4 Å². The summed E-state index contributed by atoms with van der Waals surface area (Å²) >= 11 is 0. The van der Waals surface area contributed by atoms with Gasteiger partial charge in [-0.3, -0.25) is 9.45 Å². The Morgan fingerprint density at radius 3 is 2.39 bits per heavy atom. The zero-order valence-electron chi connectivity index (χ0n) is 9.78. The van der Waals surface area contributed by atoms with Gasteiger partial charge in [-0.2, -0.15) is 8.42 Å². The normalized spacial score (nSPS) is 17.6. The molecule has 1 aliphatic heterocycles. The third kappa shape index (κ3) is 4.26. The first kappa shape index (κ1) is 13.3. The van der Waals surface area contributed by atoms with Crippen LogP contribution in [0, 0.1) is 0 Å². The van der Waals surface area contributed by atoms with Crippen LogP contribution in [0.1, 0.15) is 5.56 Å². The van der Waals surface area contributed by atoms with Crippen LogP contribution in [0.25, 0.3) is 0 Å². The van der Waals surface area contributed by atoms with Gasteiger partial charge in [-0.1, -0.05) is 12.1 Å². The summed E-state index contributed by atoms with van der Waals surface area (Å²) in [6, 6.07) is 6.58. The minimum absolute atomic E-state index is 0.100. The van der Waals surface area contributed by atoms with E-state index >= 15 is 0 Å². The molecule has 1 aromatic rings. The van der Waals surface area contributed by atoms with E-state index in [2.05, 4.69) is 9.08 Å². The molecule has 0 saturated carbocycles. The van der Waals surface area contributed by atoms with Crippen molar-refractivity contribution >= 4 is 10.4 Å². The molecular weight excluding hydrogens is 258 g/mol. The molecule has 1 N–H and O–H groups in total. The van der Waals surface area contributed by atoms with Crippen molar-refractivity contribution in [2.75, 3.05) is 26.3 Å². The van der Waals surface area contributed by atoms with Crippen LogP contribution >= 0.6 is 0 Å². The Hall–Kier alpha value is -1.15. The van der Waals surface area contributed by atoms with Gasteiger partial charge in [0.05, 0.1) is 13.2 Å². The zero-order chi connectivity index (χ0) is 13.0. The van der Waals surface area contributed by atoms with Crippen molar-refractivity contribution < 1.29 is 21.9 Å². The molecule has 0 aliphatic carbocycles. The van der Waals surface area contributed by atoms with E-state index in [1.807, 2.05) is 0 Å². The lowest BCUT2D eigenvalue weighted by Crippen LogP contribution is -2.35. The SMILES string of the molecule is O=S(=O)(O)Oc1ccc(CN2CCOCC2)cc1. The second-order valence-electron chi connectivity index (χ2n) is 4.04. The maximum Gasteiger partial charge on any atom is 0.446 e. The fourth-order valence-corrected chi connectivity index (χ4v) is 2.14. The van der Waals surface area contributed by atoms with Gasteiger partial charge in [0, 0.05) is 19.6 Å². The second kappa shape index (κ2) is 5.66. The van der Waals surface area contributed by atoms with Gasteiger partial charge in [-0.15, -0.1) is 0 Å². The van der Waals surface area contributed by atoms with E-state index in [1.54, 1.807) is 12.1 Å². The van der Waals surface area contributed by atoms with Crippen LogP contribution < -0.4 is 4.18 Å². The van der Waals surface area contributed by atoms with Gasteiger partial charge < -0.3 is 8.92 Å². The van der Waals surface area contributed by atoms with Crippen molar-refractivity contribution in [3.8, 4) is 5.75 Å². The van der Waals surface area contributed by atoms with Crippen LogP contribution in [0.5, 0.6) is 5.75 Å². The van der Waals surface area contributed by atoms with Gasteiger partial charge in [-0.05, 0) is 17.7 Å². The molecule has 1 fully saturated rings. The molecule has 18 heavy (non-hydrogen) atoms. The van der Waals surface area contributed by atoms with E-state index in [9.17, 15) is 8.42 Å². The Balaban J connectivity index is 1.94. The Labute approximate surface area is 106 Å². The molecule has 0 atom stereocenters. The standard InChI is InChI=1S/C11H15NO5S/c13-18(14,15)17-11-3-1-10(2-4-11)9-12-5-7-16-8-6-12/h1-4H,5-9H2,(H,13,14,15). The van der Waals surface area contributed by atoms with Gasteiger partial charge in [0.1, 0.15) is 5.75 Å². The number of hydrogen-bond acceptors (Lipinski definition) is 5. The molecule has 100 valence electrons. The molecular formula is C11H15NO5S. The highest BCUT2D eigenvalue weighted by molar-refractivity contribution is 7.81. The summed E-state index contributed by atoms with van der Waals surface area (Å²) in [5.41, 5.74) is 1.06. The zero-order valence-corrected chi connectivity index (χ0v) is 10.6. The summed E-state index contributed by atoms with van der Waals surface area (Å²) in [6.07, 6.45) is 0. The third-order valence-electron chi connectivity index (χ3n) is 2.63. The maximum absolute atomic E-state index is 10.5. The van der Waals surface area contributed by atoms with Gasteiger partial charge in [0.2, 0.25) is 0 Å². The summed E-state index contributed by atoms with van der Waals surface area (Å²) in [4.78, 5) is 2.25. The fraction of sp³-hybridized carbons (Fsp3) is 0.455. The average Bonchev–Trinajstić information content (AvgIpc) is 2.31. The van der Waals surface area contributed by atoms with Gasteiger partial charge >= 0.3 is 10.4 Å². The van der Waals surface area contributed by atoms with E-state index in [0.717, 1.165) is 38.4 Å². The highest BCUT2D eigenvalue weighted by Crippen LogP contribution is 2.15. The summed E-state index contributed by atoms with van der Waals surface area (Å²) < 4.78 is 39.2. The quantitative estimate of drug-likeness (QED) is 0.814. The van der Waals surface area contributed by atoms with Crippen molar-refractivity contribution in [1.29, 1.82) is 0 Å². The number of hydrogen-bond donors (Lipinski definition) is 1. The number of morpholine rings is 1. The first-order chi connectivity index (χ1) is 8.53. The van der Waals surface area contributed by atoms with Crippen LogP contribution in [0.4, 0.5) is 0 Å². The van der Waals surface area contributed by atoms with Crippen molar-refractivity contribution in [3.05, 3.63) is 29.8 Å². The number of ether oxygens (including phenoxy) is 1. The van der Waals surface area contributed by atoms with Gasteiger partial charge in [-0.25, -0.2) is 0 Å². The van der Waals surface area contributed by atoms with Crippen molar-refractivity contribution in [2.45, 2.75) is 6.54 Å². The molecule has 0 aromatic heterocycles. The molecule has 1 aliphatic rings. The van der Waals surface area contributed by atoms with Gasteiger partial charge in [0.15, 0.2) is 0 Å². The molecule has 1 aromatic carbocycles. The van der Waals surface area contributed by atoms with Crippen LogP contribution in [-0.2, 0) is 21.7 Å². The van der Waals surface area contributed by atoms with E-state index in [4.69, 9.17) is 9.29 Å². The summed E-state index contributed by atoms with van der Waals surface area (Å²) in [6.45, 7) is 4.05. The Morgan fingerprint density at radius 2 is 1.83 bits per heavy atom. The topological polar surface area (TPSA) is 76.1 Å². The highest BCUT2D eigenvalue weighted by atomic mass is 32.3. The summed E-state index contributed by atoms with van der Waals surface area (Å²) in [5.74, 6) is 0.100. The van der Waals surface area contributed by atoms with Crippen molar-refractivity contribution in [3.63, 3.8) is 0 Å². The predicted molar refractivity (Wildman–Crippen MR) is 64.7 cm³/mol. The molecule has 6 nitrogen and oxygen atoms in total. The molecule has 0 bridgehead atoms. The van der Waals surface area contributed by atoms with Gasteiger partial charge in [0.25, 0.3) is 0 Å². The first-order valence-electron chi connectivity index (χ1n) is 5.59. The minimum Gasteiger partial charge on any atom is -0.379 e. The number of nitrogens with zero attached hydrogens (tertiary/aromatic N) is 1. The Bertz CT molecular complexity index is 479.